The highest BCUT2D eigenvalue weighted by molar-refractivity contribution is 6.30. The SMILES string of the molecule is COc1ccc(C(=O)N(Cc2ccc(Cl)cc2)Cc2nc3ccccc3c(=O)[nH]2)cc1. The lowest BCUT2D eigenvalue weighted by atomic mass is 10.1. The van der Waals surface area contributed by atoms with E-state index in [2.05, 4.69) is 9.97 Å². The molecule has 7 heteroatoms. The Morgan fingerprint density at radius 2 is 1.71 bits per heavy atom. The number of rotatable bonds is 6. The highest BCUT2D eigenvalue weighted by Gasteiger charge is 2.18. The minimum Gasteiger partial charge on any atom is -0.497 e. The molecule has 4 rings (SSSR count). The van der Waals surface area contributed by atoms with Crippen molar-refractivity contribution in [3.63, 3.8) is 0 Å². The molecule has 0 bridgehead atoms. The van der Waals surface area contributed by atoms with Gasteiger partial charge in [0.1, 0.15) is 11.6 Å². The van der Waals surface area contributed by atoms with Gasteiger partial charge in [-0.15, -0.1) is 0 Å². The monoisotopic (exact) mass is 433 g/mol. The minimum absolute atomic E-state index is 0.146. The summed E-state index contributed by atoms with van der Waals surface area (Å²) in [6.07, 6.45) is 0. The molecule has 0 saturated heterocycles. The second-order valence-electron chi connectivity index (χ2n) is 7.05. The normalized spacial score (nSPS) is 10.8. The van der Waals surface area contributed by atoms with Crippen molar-refractivity contribution in [1.29, 1.82) is 0 Å². The summed E-state index contributed by atoms with van der Waals surface area (Å²) < 4.78 is 5.18. The maximum atomic E-state index is 13.3. The number of aromatic amines is 1. The number of hydrogen-bond donors (Lipinski definition) is 1. The van der Waals surface area contributed by atoms with Crippen LogP contribution in [0.2, 0.25) is 5.02 Å². The third-order valence-electron chi connectivity index (χ3n) is 4.91. The van der Waals surface area contributed by atoms with Gasteiger partial charge in [0.15, 0.2) is 0 Å². The minimum atomic E-state index is -0.232. The largest absolute Gasteiger partial charge is 0.497 e. The predicted octanol–water partition coefficient (Wildman–Crippen LogP) is 4.43. The van der Waals surface area contributed by atoms with Crippen molar-refractivity contribution in [1.82, 2.24) is 14.9 Å². The van der Waals surface area contributed by atoms with Crippen molar-refractivity contribution < 1.29 is 9.53 Å². The predicted molar refractivity (Wildman–Crippen MR) is 120 cm³/mol. The number of benzene rings is 3. The molecule has 3 aromatic carbocycles. The van der Waals surface area contributed by atoms with E-state index >= 15 is 0 Å². The third-order valence-corrected chi connectivity index (χ3v) is 5.17. The van der Waals surface area contributed by atoms with Crippen molar-refractivity contribution in [3.8, 4) is 5.75 Å². The number of ether oxygens (including phenoxy) is 1. The van der Waals surface area contributed by atoms with E-state index in [4.69, 9.17) is 16.3 Å². The Morgan fingerprint density at radius 3 is 2.42 bits per heavy atom. The van der Waals surface area contributed by atoms with Gasteiger partial charge >= 0.3 is 0 Å². The fourth-order valence-electron chi connectivity index (χ4n) is 3.32. The molecule has 0 aliphatic carbocycles. The molecule has 0 saturated carbocycles. The van der Waals surface area contributed by atoms with E-state index in [1.165, 1.54) is 0 Å². The van der Waals surface area contributed by atoms with Crippen LogP contribution in [-0.4, -0.2) is 27.9 Å². The third kappa shape index (κ3) is 4.75. The Hall–Kier alpha value is -3.64. The van der Waals surface area contributed by atoms with Gasteiger partial charge < -0.3 is 14.6 Å². The number of fused-ring (bicyclic) bond motifs is 1. The Bertz CT molecular complexity index is 1270. The molecule has 1 aromatic heterocycles. The number of hydrogen-bond acceptors (Lipinski definition) is 4. The zero-order chi connectivity index (χ0) is 21.8. The molecule has 0 unspecified atom stereocenters. The number of nitrogens with one attached hydrogen (secondary N) is 1. The number of aromatic nitrogens is 2. The Morgan fingerprint density at radius 1 is 1.00 bits per heavy atom. The lowest BCUT2D eigenvalue weighted by molar-refractivity contribution is 0.0725. The number of para-hydroxylation sites is 1. The summed E-state index contributed by atoms with van der Waals surface area (Å²) in [4.78, 5) is 34.7. The molecular formula is C24H20ClN3O3. The number of carbonyl (C=O) groups excluding carboxylic acids is 1. The van der Waals surface area contributed by atoms with Gasteiger partial charge in [0, 0.05) is 17.1 Å². The molecule has 1 amide bonds. The fourth-order valence-corrected chi connectivity index (χ4v) is 3.44. The quantitative estimate of drug-likeness (QED) is 0.488. The average molecular weight is 434 g/mol. The van der Waals surface area contributed by atoms with E-state index in [1.54, 1.807) is 66.6 Å². The van der Waals surface area contributed by atoms with E-state index < -0.39 is 0 Å². The molecule has 4 aromatic rings. The van der Waals surface area contributed by atoms with Crippen molar-refractivity contribution in [2.45, 2.75) is 13.1 Å². The van der Waals surface area contributed by atoms with Crippen LogP contribution in [0.25, 0.3) is 10.9 Å². The standard InChI is InChI=1S/C24H20ClN3O3/c1-31-19-12-8-17(9-13-19)24(30)28(14-16-6-10-18(25)11-7-16)15-22-26-21-5-3-2-4-20(21)23(29)27-22/h2-13H,14-15H2,1H3,(H,26,27,29). The van der Waals surface area contributed by atoms with Crippen LogP contribution in [0.15, 0.2) is 77.6 Å². The van der Waals surface area contributed by atoms with Crippen LogP contribution in [0.4, 0.5) is 0 Å². The molecule has 0 radical (unpaired) electrons. The molecule has 0 fully saturated rings. The highest BCUT2D eigenvalue weighted by Crippen LogP contribution is 2.18. The zero-order valence-corrected chi connectivity index (χ0v) is 17.6. The summed E-state index contributed by atoms with van der Waals surface area (Å²) in [5.41, 5.74) is 1.78. The molecule has 156 valence electrons. The second-order valence-corrected chi connectivity index (χ2v) is 7.48. The highest BCUT2D eigenvalue weighted by atomic mass is 35.5. The summed E-state index contributed by atoms with van der Waals surface area (Å²) in [5, 5.41) is 1.13. The van der Waals surface area contributed by atoms with Crippen LogP contribution >= 0.6 is 11.6 Å². The summed E-state index contributed by atoms with van der Waals surface area (Å²) in [5.74, 6) is 0.897. The van der Waals surface area contributed by atoms with Crippen LogP contribution in [0.5, 0.6) is 5.75 Å². The van der Waals surface area contributed by atoms with Crippen LogP contribution in [0.3, 0.4) is 0 Å². The van der Waals surface area contributed by atoms with Gasteiger partial charge in [-0.3, -0.25) is 9.59 Å². The van der Waals surface area contributed by atoms with Gasteiger partial charge in [0.05, 0.1) is 24.6 Å². The molecule has 0 atom stereocenters. The fraction of sp³-hybridized carbons (Fsp3) is 0.125. The average Bonchev–Trinajstić information content (AvgIpc) is 2.80. The van der Waals surface area contributed by atoms with Gasteiger partial charge in [-0.1, -0.05) is 35.9 Å². The summed E-state index contributed by atoms with van der Waals surface area (Å²) in [7, 11) is 1.57. The summed E-state index contributed by atoms with van der Waals surface area (Å²) >= 11 is 6.00. The van der Waals surface area contributed by atoms with E-state index in [0.29, 0.717) is 39.6 Å². The maximum Gasteiger partial charge on any atom is 0.258 e. The van der Waals surface area contributed by atoms with Crippen molar-refractivity contribution in [3.05, 3.63) is 105 Å². The number of H-pyrrole nitrogens is 1. The molecule has 0 aliphatic heterocycles. The lowest BCUT2D eigenvalue weighted by Gasteiger charge is -2.23. The van der Waals surface area contributed by atoms with Gasteiger partial charge in [0.25, 0.3) is 11.5 Å². The smallest absolute Gasteiger partial charge is 0.258 e. The number of methoxy groups -OCH3 is 1. The first-order valence-corrected chi connectivity index (χ1v) is 10.1. The molecule has 1 N–H and O–H groups in total. The molecule has 6 nitrogen and oxygen atoms in total. The topological polar surface area (TPSA) is 75.3 Å². The van der Waals surface area contributed by atoms with E-state index in [-0.39, 0.29) is 18.0 Å². The maximum absolute atomic E-state index is 13.3. The van der Waals surface area contributed by atoms with Crippen molar-refractivity contribution in [2.75, 3.05) is 7.11 Å². The van der Waals surface area contributed by atoms with Crippen LogP contribution in [-0.2, 0) is 13.1 Å². The molecule has 1 heterocycles. The van der Waals surface area contributed by atoms with Gasteiger partial charge in [-0.05, 0) is 54.1 Å². The first kappa shape index (κ1) is 20.6. The van der Waals surface area contributed by atoms with Crippen LogP contribution in [0, 0.1) is 0 Å². The van der Waals surface area contributed by atoms with Crippen LogP contribution < -0.4 is 10.3 Å². The molecule has 31 heavy (non-hydrogen) atoms. The van der Waals surface area contributed by atoms with E-state index in [0.717, 1.165) is 5.56 Å². The molecular weight excluding hydrogens is 414 g/mol. The van der Waals surface area contributed by atoms with Crippen molar-refractivity contribution >= 4 is 28.4 Å². The summed E-state index contributed by atoms with van der Waals surface area (Å²) in [6.45, 7) is 0.478. The van der Waals surface area contributed by atoms with Gasteiger partial charge in [-0.25, -0.2) is 4.98 Å². The first-order valence-electron chi connectivity index (χ1n) is 9.69. The van der Waals surface area contributed by atoms with Gasteiger partial charge in [-0.2, -0.15) is 0 Å². The molecule has 0 spiro atoms. The Labute approximate surface area is 184 Å². The number of nitrogens with zero attached hydrogens (tertiary/aromatic N) is 2. The van der Waals surface area contributed by atoms with Crippen LogP contribution in [0.1, 0.15) is 21.7 Å². The van der Waals surface area contributed by atoms with E-state index in [1.807, 2.05) is 18.2 Å². The second kappa shape index (κ2) is 9.02. The number of carbonyl (C=O) groups is 1. The zero-order valence-electron chi connectivity index (χ0n) is 16.8. The number of halogens is 1. The number of amides is 1. The molecule has 0 aliphatic rings. The van der Waals surface area contributed by atoms with Crippen molar-refractivity contribution in [2.24, 2.45) is 0 Å². The van der Waals surface area contributed by atoms with Gasteiger partial charge in [0.2, 0.25) is 0 Å². The summed E-state index contributed by atoms with van der Waals surface area (Å²) in [6, 6.07) is 21.3. The lowest BCUT2D eigenvalue weighted by Crippen LogP contribution is -2.31. The Balaban J connectivity index is 1.68. The van der Waals surface area contributed by atoms with E-state index in [9.17, 15) is 9.59 Å². The Kier molecular flexibility index (Phi) is 6.00. The first-order chi connectivity index (χ1) is 15.0.